The molecule has 0 heterocycles. The summed E-state index contributed by atoms with van der Waals surface area (Å²) in [7, 11) is 0. The first-order chi connectivity index (χ1) is 13.9. The van der Waals surface area contributed by atoms with Crippen LogP contribution >= 0.6 is 0 Å². The first kappa shape index (κ1) is 24.3. The average Bonchev–Trinajstić information content (AvgIpc) is 2.65. The third kappa shape index (κ3) is 6.15. The smallest absolute Gasteiger partial charge is 0.349 e. The third-order valence-electron chi connectivity index (χ3n) is 3.40. The Morgan fingerprint density at radius 1 is 0.967 bits per heavy atom. The van der Waals surface area contributed by atoms with Gasteiger partial charge in [0.25, 0.3) is 0 Å². The summed E-state index contributed by atoms with van der Waals surface area (Å²) >= 11 is 0. The highest BCUT2D eigenvalue weighted by molar-refractivity contribution is 5.79. The molecule has 0 fully saturated rings. The van der Waals surface area contributed by atoms with Gasteiger partial charge in [0.05, 0.1) is 16.5 Å². The zero-order valence-electron chi connectivity index (χ0n) is 16.1. The molecule has 0 spiro atoms. The number of carbonyl (C=O) groups is 1. The monoisotopic (exact) mass is 430 g/mol. The quantitative estimate of drug-likeness (QED) is 0.380. The fourth-order valence-electron chi connectivity index (χ4n) is 1.98. The van der Waals surface area contributed by atoms with E-state index < -0.39 is 56.0 Å². The summed E-state index contributed by atoms with van der Waals surface area (Å²) in [6.07, 6.45) is 0. The third-order valence-corrected chi connectivity index (χ3v) is 3.40. The summed E-state index contributed by atoms with van der Waals surface area (Å²) in [6, 6.07) is 6.11. The Labute approximate surface area is 168 Å². The second-order valence-corrected chi connectivity index (χ2v) is 6.01. The van der Waals surface area contributed by atoms with Crippen LogP contribution in [0.3, 0.4) is 0 Å². The molecule has 0 aromatic heterocycles. The van der Waals surface area contributed by atoms with Crippen LogP contribution in [0.15, 0.2) is 36.4 Å². The zero-order chi connectivity index (χ0) is 23.1. The van der Waals surface area contributed by atoms with Gasteiger partial charge in [-0.2, -0.15) is 4.39 Å². The van der Waals surface area contributed by atoms with E-state index in [9.17, 15) is 38.2 Å². The Hall–Kier alpha value is -3.70. The minimum atomic E-state index is -1.52. The number of benzene rings is 2. The summed E-state index contributed by atoms with van der Waals surface area (Å²) in [5.41, 5.74) is -2.91. The van der Waals surface area contributed by atoms with Crippen molar-refractivity contribution in [2.75, 3.05) is 6.61 Å². The van der Waals surface area contributed by atoms with Gasteiger partial charge in [0, 0.05) is 12.1 Å². The number of para-hydroxylation sites is 1. The van der Waals surface area contributed by atoms with Crippen molar-refractivity contribution in [2.24, 2.45) is 0 Å². The van der Waals surface area contributed by atoms with Crippen LogP contribution in [0, 0.1) is 37.7 Å². The number of hydrogen-bond donors (Lipinski definition) is 0. The van der Waals surface area contributed by atoms with Gasteiger partial charge in [-0.1, -0.05) is 12.1 Å². The van der Waals surface area contributed by atoms with Crippen LogP contribution in [0.2, 0.25) is 0 Å². The second kappa shape index (κ2) is 10.2. The molecule has 0 atom stereocenters. The van der Waals surface area contributed by atoms with Gasteiger partial charge in [-0.05, 0) is 32.9 Å². The molecular weight excluding hydrogens is 413 g/mol. The standard InChI is InChI=1S/C12H14FNO5.C6H3F2NO2/c1-4-18-11(15)12(2,3)19-10-8(13)6-5-7-9(10)14(16)17;7-4-2-1-3-5(6(4)8)9(10)11/h5-7H,4H2,1-3H3;1-3H. The van der Waals surface area contributed by atoms with Crippen LogP contribution < -0.4 is 4.74 Å². The normalized spacial score (nSPS) is 10.5. The number of nitrogens with zero attached hydrogens (tertiary/aromatic N) is 2. The minimum absolute atomic E-state index is 0.130. The first-order valence-electron chi connectivity index (χ1n) is 8.29. The molecule has 2 aromatic rings. The zero-order valence-corrected chi connectivity index (χ0v) is 16.1. The van der Waals surface area contributed by atoms with Gasteiger partial charge in [-0.15, -0.1) is 0 Å². The molecule has 2 rings (SSSR count). The van der Waals surface area contributed by atoms with E-state index in [-0.39, 0.29) is 6.61 Å². The lowest BCUT2D eigenvalue weighted by Crippen LogP contribution is -2.40. The lowest BCUT2D eigenvalue weighted by molar-refractivity contribution is -0.387. The van der Waals surface area contributed by atoms with E-state index in [1.54, 1.807) is 6.92 Å². The summed E-state index contributed by atoms with van der Waals surface area (Å²) in [5, 5.41) is 20.8. The Kier molecular flexibility index (Phi) is 8.26. The molecule has 0 radical (unpaired) electrons. The summed E-state index contributed by atoms with van der Waals surface area (Å²) in [6.45, 7) is 4.44. The Bertz CT molecular complexity index is 951. The fraction of sp³-hybridized carbons (Fsp3) is 0.278. The molecule has 0 saturated heterocycles. The number of nitro benzene ring substituents is 2. The lowest BCUT2D eigenvalue weighted by Gasteiger charge is -2.23. The number of carbonyl (C=O) groups excluding carboxylic acids is 1. The maximum Gasteiger partial charge on any atom is 0.349 e. The molecular formula is C18H17F3N2O7. The molecule has 0 bridgehead atoms. The number of halogens is 3. The molecule has 162 valence electrons. The van der Waals surface area contributed by atoms with Crippen molar-refractivity contribution in [3.63, 3.8) is 0 Å². The van der Waals surface area contributed by atoms with E-state index >= 15 is 0 Å². The van der Waals surface area contributed by atoms with Gasteiger partial charge in [0.15, 0.2) is 11.6 Å². The lowest BCUT2D eigenvalue weighted by atomic mass is 10.1. The number of hydrogen-bond acceptors (Lipinski definition) is 7. The molecule has 0 aliphatic rings. The number of esters is 1. The highest BCUT2D eigenvalue weighted by Gasteiger charge is 2.35. The van der Waals surface area contributed by atoms with E-state index in [0.717, 1.165) is 30.3 Å². The summed E-state index contributed by atoms with van der Waals surface area (Å²) < 4.78 is 48.2. The van der Waals surface area contributed by atoms with Gasteiger partial charge in [0.2, 0.25) is 17.2 Å². The molecule has 0 unspecified atom stereocenters. The minimum Gasteiger partial charge on any atom is -0.467 e. The van der Waals surface area contributed by atoms with Crippen LogP contribution in [-0.4, -0.2) is 28.0 Å². The molecule has 0 N–H and O–H groups in total. The van der Waals surface area contributed by atoms with E-state index in [0.29, 0.717) is 0 Å². The van der Waals surface area contributed by atoms with Crippen molar-refractivity contribution < 1.29 is 37.3 Å². The van der Waals surface area contributed by atoms with Gasteiger partial charge < -0.3 is 9.47 Å². The van der Waals surface area contributed by atoms with Gasteiger partial charge in [-0.25, -0.2) is 13.6 Å². The number of ether oxygens (including phenoxy) is 2. The fourth-order valence-corrected chi connectivity index (χ4v) is 1.98. The highest BCUT2D eigenvalue weighted by atomic mass is 19.2. The largest absolute Gasteiger partial charge is 0.467 e. The second-order valence-electron chi connectivity index (χ2n) is 6.01. The molecule has 30 heavy (non-hydrogen) atoms. The van der Waals surface area contributed by atoms with Crippen LogP contribution in [0.4, 0.5) is 24.5 Å². The summed E-state index contributed by atoms with van der Waals surface area (Å²) in [5.74, 6) is -4.85. The molecule has 0 amide bonds. The van der Waals surface area contributed by atoms with Crippen LogP contribution in [0.5, 0.6) is 5.75 Å². The van der Waals surface area contributed by atoms with Crippen molar-refractivity contribution in [1.82, 2.24) is 0 Å². The molecule has 9 nitrogen and oxygen atoms in total. The van der Waals surface area contributed by atoms with Crippen LogP contribution in [0.25, 0.3) is 0 Å². The van der Waals surface area contributed by atoms with Crippen LogP contribution in [-0.2, 0) is 9.53 Å². The Balaban J connectivity index is 0.000000346. The van der Waals surface area contributed by atoms with Crippen LogP contribution in [0.1, 0.15) is 20.8 Å². The molecule has 0 aliphatic heterocycles. The van der Waals surface area contributed by atoms with E-state index in [1.165, 1.54) is 19.9 Å². The van der Waals surface area contributed by atoms with Crippen molar-refractivity contribution in [1.29, 1.82) is 0 Å². The first-order valence-corrected chi connectivity index (χ1v) is 8.29. The maximum absolute atomic E-state index is 13.6. The van der Waals surface area contributed by atoms with Crippen molar-refractivity contribution in [3.8, 4) is 5.75 Å². The SMILES string of the molecule is CCOC(=O)C(C)(C)Oc1c(F)cccc1[N+](=O)[O-].O=[N+]([O-])c1cccc(F)c1F. The molecule has 12 heteroatoms. The molecule has 0 saturated carbocycles. The van der Waals surface area contributed by atoms with Gasteiger partial charge in [0.1, 0.15) is 0 Å². The number of nitro groups is 2. The molecule has 2 aromatic carbocycles. The predicted octanol–water partition coefficient (Wildman–Crippen LogP) is 4.33. The topological polar surface area (TPSA) is 122 Å². The van der Waals surface area contributed by atoms with Crippen molar-refractivity contribution in [3.05, 3.63) is 74.1 Å². The predicted molar refractivity (Wildman–Crippen MR) is 97.4 cm³/mol. The van der Waals surface area contributed by atoms with Crippen molar-refractivity contribution in [2.45, 2.75) is 26.4 Å². The van der Waals surface area contributed by atoms with Gasteiger partial charge >= 0.3 is 17.3 Å². The molecule has 0 aliphatic carbocycles. The van der Waals surface area contributed by atoms with E-state index in [4.69, 9.17) is 9.47 Å². The van der Waals surface area contributed by atoms with E-state index in [1.807, 2.05) is 0 Å². The number of rotatable bonds is 6. The van der Waals surface area contributed by atoms with Crippen molar-refractivity contribution >= 4 is 17.3 Å². The van der Waals surface area contributed by atoms with Gasteiger partial charge in [-0.3, -0.25) is 20.2 Å². The highest BCUT2D eigenvalue weighted by Crippen LogP contribution is 2.33. The Morgan fingerprint density at radius 2 is 1.47 bits per heavy atom. The van der Waals surface area contributed by atoms with E-state index in [2.05, 4.69) is 0 Å². The average molecular weight is 430 g/mol. The Morgan fingerprint density at radius 3 is 1.93 bits per heavy atom. The maximum atomic E-state index is 13.6. The summed E-state index contributed by atoms with van der Waals surface area (Å²) in [4.78, 5) is 30.6.